The molecule has 1 atom stereocenters. The average Bonchev–Trinajstić information content (AvgIpc) is 3.16. The van der Waals surface area contributed by atoms with Crippen molar-refractivity contribution in [2.45, 2.75) is 25.0 Å². The molecule has 0 bridgehead atoms. The highest BCUT2D eigenvalue weighted by molar-refractivity contribution is 5.81. The lowest BCUT2D eigenvalue weighted by Gasteiger charge is -2.18. The number of ether oxygens (including phenoxy) is 3. The van der Waals surface area contributed by atoms with Crippen molar-refractivity contribution in [3.8, 4) is 22.6 Å². The zero-order valence-corrected chi connectivity index (χ0v) is 18.7. The van der Waals surface area contributed by atoms with Gasteiger partial charge in [0.05, 0.1) is 7.11 Å². The van der Waals surface area contributed by atoms with Gasteiger partial charge in [0.2, 0.25) is 0 Å². The number of carboxylic acid groups (broad SMARTS) is 1. The molecule has 0 aromatic heterocycles. The number of carbonyl (C=O) groups is 2. The van der Waals surface area contributed by atoms with Crippen LogP contribution in [0.3, 0.4) is 0 Å². The molecule has 0 spiro atoms. The number of carbonyl (C=O) groups excluding carboxylic acids is 1. The maximum absolute atomic E-state index is 12.5. The number of carboxylic acids is 1. The summed E-state index contributed by atoms with van der Waals surface area (Å²) in [6, 6.07) is 18.5. The monoisotopic (exact) mass is 483 g/mol. The maximum atomic E-state index is 12.5. The van der Waals surface area contributed by atoms with Gasteiger partial charge in [-0.1, -0.05) is 54.6 Å². The number of hydrogen-bond acceptors (Lipinski definition) is 5. The van der Waals surface area contributed by atoms with Crippen molar-refractivity contribution in [1.82, 2.24) is 5.32 Å². The molecule has 0 saturated heterocycles. The number of fused-ring (bicyclic) bond motifs is 3. The molecule has 2 N–H and O–H groups in total. The van der Waals surface area contributed by atoms with Crippen LogP contribution in [-0.2, 0) is 16.0 Å². The Labute approximate surface area is 200 Å². The first-order chi connectivity index (χ1) is 16.9. The van der Waals surface area contributed by atoms with Gasteiger partial charge < -0.3 is 24.6 Å². The summed E-state index contributed by atoms with van der Waals surface area (Å²) in [6.45, 7) is -2.99. The second-order valence-corrected chi connectivity index (χ2v) is 7.93. The van der Waals surface area contributed by atoms with Crippen molar-refractivity contribution in [2.75, 3.05) is 13.7 Å². The van der Waals surface area contributed by atoms with Crippen LogP contribution in [0.25, 0.3) is 11.1 Å². The van der Waals surface area contributed by atoms with Gasteiger partial charge in [0, 0.05) is 12.3 Å². The average molecular weight is 483 g/mol. The van der Waals surface area contributed by atoms with Gasteiger partial charge in [0.1, 0.15) is 12.6 Å². The first kappa shape index (κ1) is 24.0. The topological polar surface area (TPSA) is 94.1 Å². The van der Waals surface area contributed by atoms with E-state index in [9.17, 15) is 23.5 Å². The third-order valence-electron chi connectivity index (χ3n) is 5.82. The molecule has 7 nitrogen and oxygen atoms in total. The molecule has 0 heterocycles. The van der Waals surface area contributed by atoms with Gasteiger partial charge in [0.25, 0.3) is 0 Å². The van der Waals surface area contributed by atoms with Gasteiger partial charge in [0.15, 0.2) is 11.5 Å². The van der Waals surface area contributed by atoms with Crippen LogP contribution in [0.1, 0.15) is 22.6 Å². The first-order valence-corrected chi connectivity index (χ1v) is 10.8. The van der Waals surface area contributed by atoms with Crippen LogP contribution in [0.5, 0.6) is 11.5 Å². The van der Waals surface area contributed by atoms with Crippen LogP contribution in [0.2, 0.25) is 0 Å². The first-order valence-electron chi connectivity index (χ1n) is 10.8. The highest BCUT2D eigenvalue weighted by Gasteiger charge is 2.30. The van der Waals surface area contributed by atoms with Crippen LogP contribution >= 0.6 is 0 Å². The lowest BCUT2D eigenvalue weighted by Crippen LogP contribution is -2.42. The fraction of sp³-hybridized carbons (Fsp3) is 0.231. The lowest BCUT2D eigenvalue weighted by atomic mass is 9.98. The van der Waals surface area contributed by atoms with E-state index in [1.165, 1.54) is 25.3 Å². The van der Waals surface area contributed by atoms with Crippen molar-refractivity contribution >= 4 is 12.1 Å². The van der Waals surface area contributed by atoms with Crippen LogP contribution in [0, 0.1) is 0 Å². The summed E-state index contributed by atoms with van der Waals surface area (Å²) < 4.78 is 39.9. The van der Waals surface area contributed by atoms with Crippen molar-refractivity contribution in [3.05, 3.63) is 83.4 Å². The molecule has 3 aromatic rings. The molecular formula is C26H23F2NO6. The molecule has 4 rings (SSSR count). The van der Waals surface area contributed by atoms with Gasteiger partial charge >= 0.3 is 18.7 Å². The van der Waals surface area contributed by atoms with Gasteiger partial charge in [-0.3, -0.25) is 0 Å². The van der Waals surface area contributed by atoms with E-state index in [1.54, 1.807) is 0 Å². The van der Waals surface area contributed by atoms with E-state index in [1.807, 2.05) is 48.5 Å². The number of nitrogens with one attached hydrogen (secondary N) is 1. The summed E-state index contributed by atoms with van der Waals surface area (Å²) in [5.74, 6) is -1.59. The minimum absolute atomic E-state index is 0.0214. The Kier molecular flexibility index (Phi) is 7.14. The summed E-state index contributed by atoms with van der Waals surface area (Å²) in [5, 5.41) is 12.0. The quantitative estimate of drug-likeness (QED) is 0.453. The smallest absolute Gasteiger partial charge is 0.407 e. The number of methoxy groups -OCH3 is 1. The molecule has 0 radical (unpaired) electrons. The molecule has 3 aromatic carbocycles. The number of hydrogen-bond donors (Lipinski definition) is 2. The number of amides is 1. The summed E-state index contributed by atoms with van der Waals surface area (Å²) in [4.78, 5) is 24.3. The summed E-state index contributed by atoms with van der Waals surface area (Å²) in [7, 11) is 1.28. The fourth-order valence-electron chi connectivity index (χ4n) is 4.25. The van der Waals surface area contributed by atoms with E-state index in [-0.39, 0.29) is 30.4 Å². The minimum Gasteiger partial charge on any atom is -0.493 e. The van der Waals surface area contributed by atoms with E-state index in [2.05, 4.69) is 10.1 Å². The number of aliphatic carboxylic acids is 1. The number of rotatable bonds is 9. The van der Waals surface area contributed by atoms with Crippen molar-refractivity contribution in [2.24, 2.45) is 0 Å². The maximum Gasteiger partial charge on any atom is 0.407 e. The molecular weight excluding hydrogens is 460 g/mol. The molecule has 0 aliphatic heterocycles. The van der Waals surface area contributed by atoms with Gasteiger partial charge in [-0.05, 0) is 39.9 Å². The normalized spacial score (nSPS) is 13.0. The molecule has 182 valence electrons. The van der Waals surface area contributed by atoms with Crippen LogP contribution < -0.4 is 14.8 Å². The molecule has 0 saturated carbocycles. The lowest BCUT2D eigenvalue weighted by molar-refractivity contribution is -0.139. The number of benzene rings is 3. The third-order valence-corrected chi connectivity index (χ3v) is 5.82. The van der Waals surface area contributed by atoms with E-state index in [4.69, 9.17) is 9.47 Å². The van der Waals surface area contributed by atoms with Crippen molar-refractivity contribution in [1.29, 1.82) is 0 Å². The van der Waals surface area contributed by atoms with E-state index in [0.29, 0.717) is 5.56 Å². The molecule has 35 heavy (non-hydrogen) atoms. The van der Waals surface area contributed by atoms with Crippen LogP contribution in [0.15, 0.2) is 66.7 Å². The molecule has 1 unspecified atom stereocenters. The van der Waals surface area contributed by atoms with Crippen molar-refractivity contribution in [3.63, 3.8) is 0 Å². The van der Waals surface area contributed by atoms with Crippen molar-refractivity contribution < 1.29 is 37.7 Å². The molecule has 1 aliphatic rings. The Morgan fingerprint density at radius 2 is 1.60 bits per heavy atom. The predicted molar refractivity (Wildman–Crippen MR) is 123 cm³/mol. The summed E-state index contributed by atoms with van der Waals surface area (Å²) in [5.41, 5.74) is 4.67. The third kappa shape index (κ3) is 5.34. The second-order valence-electron chi connectivity index (χ2n) is 7.93. The van der Waals surface area contributed by atoms with E-state index < -0.39 is 24.7 Å². The zero-order valence-electron chi connectivity index (χ0n) is 18.7. The largest absolute Gasteiger partial charge is 0.493 e. The Morgan fingerprint density at radius 3 is 2.17 bits per heavy atom. The van der Waals surface area contributed by atoms with Crippen LogP contribution in [0.4, 0.5) is 13.6 Å². The van der Waals surface area contributed by atoms with E-state index >= 15 is 0 Å². The number of halogens is 2. The van der Waals surface area contributed by atoms with Gasteiger partial charge in [-0.2, -0.15) is 8.78 Å². The zero-order chi connectivity index (χ0) is 24.9. The summed E-state index contributed by atoms with van der Waals surface area (Å²) >= 11 is 0. The fourth-order valence-corrected chi connectivity index (χ4v) is 4.25. The predicted octanol–water partition coefficient (Wildman–Crippen LogP) is 4.83. The van der Waals surface area contributed by atoms with E-state index in [0.717, 1.165) is 22.3 Å². The molecule has 0 fully saturated rings. The SMILES string of the molecule is COc1cc(CC(NC(=O)OCC2c3ccccc3-c3ccccc32)C(=O)O)ccc1OC(F)F. The Morgan fingerprint density at radius 1 is 0.971 bits per heavy atom. The number of alkyl carbamates (subject to hydrolysis) is 1. The molecule has 9 heteroatoms. The Balaban J connectivity index is 1.42. The number of alkyl halides is 2. The molecule has 1 amide bonds. The van der Waals surface area contributed by atoms with Gasteiger partial charge in [-0.25, -0.2) is 9.59 Å². The standard InChI is InChI=1S/C26H23F2NO6/c1-33-23-13-15(10-11-22(23)35-25(27)28)12-21(24(30)31)29-26(32)34-14-20-18-8-4-2-6-16(18)17-7-3-5-9-19(17)20/h2-11,13,20-21,25H,12,14H2,1H3,(H,29,32)(H,30,31). The highest BCUT2D eigenvalue weighted by Crippen LogP contribution is 2.44. The van der Waals surface area contributed by atoms with Gasteiger partial charge in [-0.15, -0.1) is 0 Å². The molecule has 1 aliphatic carbocycles. The van der Waals surface area contributed by atoms with Crippen LogP contribution in [-0.4, -0.2) is 43.5 Å². The summed E-state index contributed by atoms with van der Waals surface area (Å²) in [6.07, 6.45) is -0.992. The Hall–Kier alpha value is -4.14. The minimum atomic E-state index is -3.03. The second kappa shape index (κ2) is 10.4. The Bertz CT molecular complexity index is 1190. The highest BCUT2D eigenvalue weighted by atomic mass is 19.3.